The van der Waals surface area contributed by atoms with Gasteiger partial charge in [0.2, 0.25) is 0 Å². The van der Waals surface area contributed by atoms with Gasteiger partial charge in [0, 0.05) is 37.9 Å². The van der Waals surface area contributed by atoms with Gasteiger partial charge in [-0.2, -0.15) is 0 Å². The molecule has 24 heavy (non-hydrogen) atoms. The molecular weight excluding hydrogens is 419 g/mol. The van der Waals surface area contributed by atoms with E-state index in [0.717, 1.165) is 37.5 Å². The van der Waals surface area contributed by atoms with E-state index in [0.29, 0.717) is 24.7 Å². The number of nitrogens with zero attached hydrogens (tertiary/aromatic N) is 2. The van der Waals surface area contributed by atoms with Crippen LogP contribution in [0, 0.1) is 0 Å². The molecule has 2 atom stereocenters. The molecule has 0 aliphatic carbocycles. The zero-order chi connectivity index (χ0) is 16.7. The van der Waals surface area contributed by atoms with Crippen LogP contribution in [0.1, 0.15) is 20.3 Å². The Kier molecular flexibility index (Phi) is 9.38. The smallest absolute Gasteiger partial charge is 0.193 e. The fraction of sp³-hybridized carbons (Fsp3) is 0.588. The third-order valence-corrected chi connectivity index (χ3v) is 3.75. The van der Waals surface area contributed by atoms with Gasteiger partial charge in [-0.15, -0.1) is 24.0 Å². The minimum absolute atomic E-state index is 0. The first-order valence-corrected chi connectivity index (χ1v) is 8.15. The quantitative estimate of drug-likeness (QED) is 0.303. The highest BCUT2D eigenvalue weighted by Gasteiger charge is 2.21. The normalized spacial score (nSPS) is 21.9. The van der Waals surface area contributed by atoms with Gasteiger partial charge in [0.25, 0.3) is 0 Å². The maximum atomic E-state index is 5.93. The molecule has 1 fully saturated rings. The van der Waals surface area contributed by atoms with Gasteiger partial charge in [-0.1, -0.05) is 6.07 Å². The van der Waals surface area contributed by atoms with E-state index < -0.39 is 0 Å². The summed E-state index contributed by atoms with van der Waals surface area (Å²) in [7, 11) is 1.64. The largest absolute Gasteiger partial charge is 0.497 e. The number of nitrogens with one attached hydrogen (secondary N) is 1. The van der Waals surface area contributed by atoms with Gasteiger partial charge < -0.3 is 20.5 Å². The second-order valence-electron chi connectivity index (χ2n) is 5.99. The lowest BCUT2D eigenvalue weighted by Crippen LogP contribution is -2.45. The Bertz CT molecular complexity index is 517. The number of morpholine rings is 1. The Morgan fingerprint density at radius 1 is 1.38 bits per heavy atom. The van der Waals surface area contributed by atoms with Gasteiger partial charge >= 0.3 is 0 Å². The SMILES string of the molecule is COc1cccc(NC(N)=NCCCN2CC(C)OC(C)C2)c1.I. The maximum Gasteiger partial charge on any atom is 0.193 e. The maximum absolute atomic E-state index is 5.93. The topological polar surface area (TPSA) is 72.1 Å². The second-order valence-corrected chi connectivity index (χ2v) is 5.99. The lowest BCUT2D eigenvalue weighted by atomic mass is 10.2. The first-order chi connectivity index (χ1) is 11.1. The Labute approximate surface area is 161 Å². The molecule has 0 radical (unpaired) electrons. The van der Waals surface area contributed by atoms with Crippen molar-refractivity contribution in [2.75, 3.05) is 38.6 Å². The van der Waals surface area contributed by atoms with E-state index in [1.54, 1.807) is 7.11 Å². The van der Waals surface area contributed by atoms with E-state index >= 15 is 0 Å². The molecule has 3 N–H and O–H groups in total. The van der Waals surface area contributed by atoms with Crippen LogP contribution in [0.3, 0.4) is 0 Å². The Morgan fingerprint density at radius 2 is 2.08 bits per heavy atom. The van der Waals surface area contributed by atoms with Crippen molar-refractivity contribution in [1.82, 2.24) is 4.90 Å². The zero-order valence-electron chi connectivity index (χ0n) is 14.7. The van der Waals surface area contributed by atoms with Crippen molar-refractivity contribution in [3.05, 3.63) is 24.3 Å². The van der Waals surface area contributed by atoms with Crippen molar-refractivity contribution in [2.24, 2.45) is 10.7 Å². The fourth-order valence-electron chi connectivity index (χ4n) is 2.85. The average Bonchev–Trinajstić information content (AvgIpc) is 2.51. The lowest BCUT2D eigenvalue weighted by Gasteiger charge is -2.35. The van der Waals surface area contributed by atoms with Gasteiger partial charge in [0.05, 0.1) is 19.3 Å². The number of nitrogens with two attached hydrogens (primary N) is 1. The summed E-state index contributed by atoms with van der Waals surface area (Å²) in [4.78, 5) is 6.81. The van der Waals surface area contributed by atoms with Crippen molar-refractivity contribution >= 4 is 35.6 Å². The third kappa shape index (κ3) is 7.23. The van der Waals surface area contributed by atoms with Crippen LogP contribution in [0.4, 0.5) is 5.69 Å². The molecule has 1 aromatic rings. The first kappa shape index (κ1) is 21.0. The molecule has 1 aliphatic rings. The number of anilines is 1. The van der Waals surface area contributed by atoms with Crippen LogP contribution in [-0.2, 0) is 4.74 Å². The van der Waals surface area contributed by atoms with Gasteiger partial charge in [0.15, 0.2) is 5.96 Å². The molecule has 0 bridgehead atoms. The number of halogens is 1. The molecule has 0 amide bonds. The van der Waals surface area contributed by atoms with E-state index in [1.165, 1.54) is 0 Å². The van der Waals surface area contributed by atoms with E-state index in [1.807, 2.05) is 24.3 Å². The number of hydrogen-bond donors (Lipinski definition) is 2. The Morgan fingerprint density at radius 3 is 2.75 bits per heavy atom. The van der Waals surface area contributed by atoms with E-state index in [2.05, 4.69) is 29.1 Å². The number of methoxy groups -OCH3 is 1. The monoisotopic (exact) mass is 448 g/mol. The number of aliphatic imine (C=N–C) groups is 1. The van der Waals surface area contributed by atoms with Crippen LogP contribution in [-0.4, -0.2) is 56.4 Å². The lowest BCUT2D eigenvalue weighted by molar-refractivity contribution is -0.0679. The van der Waals surface area contributed by atoms with Gasteiger partial charge in [-0.25, -0.2) is 0 Å². The molecule has 1 heterocycles. The van der Waals surface area contributed by atoms with Crippen molar-refractivity contribution in [3.8, 4) is 5.75 Å². The van der Waals surface area contributed by atoms with Crippen LogP contribution < -0.4 is 15.8 Å². The average molecular weight is 448 g/mol. The standard InChI is InChI=1S/C17H28N4O2.HI/c1-13-11-21(12-14(2)23-13)9-5-8-19-17(18)20-15-6-4-7-16(10-15)22-3;/h4,6-7,10,13-14H,5,8-9,11-12H2,1-3H3,(H3,18,19,20);1H. The summed E-state index contributed by atoms with van der Waals surface area (Å²) < 4.78 is 10.9. The highest BCUT2D eigenvalue weighted by atomic mass is 127. The molecule has 0 aromatic heterocycles. The molecule has 6 nitrogen and oxygen atoms in total. The molecule has 2 rings (SSSR count). The predicted octanol–water partition coefficient (Wildman–Crippen LogP) is 2.54. The van der Waals surface area contributed by atoms with E-state index in [4.69, 9.17) is 15.2 Å². The highest BCUT2D eigenvalue weighted by Crippen LogP contribution is 2.16. The van der Waals surface area contributed by atoms with Gasteiger partial charge in [-0.3, -0.25) is 9.89 Å². The first-order valence-electron chi connectivity index (χ1n) is 8.15. The van der Waals surface area contributed by atoms with Crippen LogP contribution in [0.15, 0.2) is 29.3 Å². The molecule has 0 spiro atoms. The van der Waals surface area contributed by atoms with Crippen LogP contribution in [0.2, 0.25) is 0 Å². The van der Waals surface area contributed by atoms with E-state index in [9.17, 15) is 0 Å². The summed E-state index contributed by atoms with van der Waals surface area (Å²) in [5.41, 5.74) is 6.80. The number of rotatable bonds is 6. The summed E-state index contributed by atoms with van der Waals surface area (Å²) in [6.45, 7) is 7.96. The summed E-state index contributed by atoms with van der Waals surface area (Å²) >= 11 is 0. The van der Waals surface area contributed by atoms with Gasteiger partial charge in [0.1, 0.15) is 5.75 Å². The second kappa shape index (κ2) is 10.7. The van der Waals surface area contributed by atoms with Crippen molar-refractivity contribution in [1.29, 1.82) is 0 Å². The Balaban J connectivity index is 0.00000288. The minimum atomic E-state index is 0. The molecule has 0 saturated carbocycles. The molecule has 136 valence electrons. The fourth-order valence-corrected chi connectivity index (χ4v) is 2.85. The summed E-state index contributed by atoms with van der Waals surface area (Å²) in [5.74, 6) is 1.22. The minimum Gasteiger partial charge on any atom is -0.497 e. The number of guanidine groups is 1. The number of hydrogen-bond acceptors (Lipinski definition) is 4. The molecule has 1 aromatic carbocycles. The number of ether oxygens (including phenoxy) is 2. The van der Waals surface area contributed by atoms with Crippen molar-refractivity contribution in [3.63, 3.8) is 0 Å². The van der Waals surface area contributed by atoms with Gasteiger partial charge in [-0.05, 0) is 32.4 Å². The molecular formula is C17H29IN4O2. The molecule has 1 saturated heterocycles. The van der Waals surface area contributed by atoms with Crippen LogP contribution in [0.5, 0.6) is 5.75 Å². The van der Waals surface area contributed by atoms with E-state index in [-0.39, 0.29) is 24.0 Å². The van der Waals surface area contributed by atoms with Crippen molar-refractivity contribution < 1.29 is 9.47 Å². The summed E-state index contributed by atoms with van der Waals surface area (Å²) in [6.07, 6.45) is 1.60. The summed E-state index contributed by atoms with van der Waals surface area (Å²) in [6, 6.07) is 7.62. The third-order valence-electron chi connectivity index (χ3n) is 3.75. The number of benzene rings is 1. The predicted molar refractivity (Wildman–Crippen MR) is 110 cm³/mol. The zero-order valence-corrected chi connectivity index (χ0v) is 17.0. The Hall–Kier alpha value is -1.06. The molecule has 7 heteroatoms. The van der Waals surface area contributed by atoms with Crippen LogP contribution in [0.25, 0.3) is 0 Å². The molecule has 2 unspecified atom stereocenters. The highest BCUT2D eigenvalue weighted by molar-refractivity contribution is 14.0. The van der Waals surface area contributed by atoms with Crippen molar-refractivity contribution in [2.45, 2.75) is 32.5 Å². The molecule has 1 aliphatic heterocycles. The van der Waals surface area contributed by atoms with Crippen LogP contribution >= 0.6 is 24.0 Å². The summed E-state index contributed by atoms with van der Waals surface area (Å²) in [5, 5.41) is 3.08.